The number of nitrogens with zero attached hydrogens (tertiary/aromatic N) is 1. The van der Waals surface area contributed by atoms with Crippen LogP contribution in [0.25, 0.3) is 0 Å². The highest BCUT2D eigenvalue weighted by atomic mass is 79.9. The number of carbonyl (C=O) groups excluding carboxylic acids is 2. The topological polar surface area (TPSA) is 72.6 Å². The first-order chi connectivity index (χ1) is 10.1. The number of esters is 1. The smallest absolute Gasteiger partial charge is 0.338 e. The molecule has 1 amide bonds. The van der Waals surface area contributed by atoms with Gasteiger partial charge in [0.15, 0.2) is 6.61 Å². The van der Waals surface area contributed by atoms with Gasteiger partial charge in [0.05, 0.1) is 5.56 Å². The third kappa shape index (κ3) is 4.46. The fraction of sp³-hybridized carbons (Fsp3) is 0.467. The Morgan fingerprint density at radius 1 is 1.19 bits per heavy atom. The molecule has 1 heterocycles. The van der Waals surface area contributed by atoms with Gasteiger partial charge in [-0.15, -0.1) is 0 Å². The Labute approximate surface area is 132 Å². The Hall–Kier alpha value is -1.56. The van der Waals surface area contributed by atoms with E-state index in [0.717, 1.165) is 43.2 Å². The number of nitrogen functional groups attached to an aromatic ring is 1. The Kier molecular flexibility index (Phi) is 5.61. The molecule has 0 radical (unpaired) electrons. The van der Waals surface area contributed by atoms with E-state index in [4.69, 9.17) is 10.5 Å². The minimum atomic E-state index is -0.530. The first-order valence-electron chi connectivity index (χ1n) is 7.08. The molecule has 2 rings (SSSR count). The number of nitrogens with two attached hydrogens (primary N) is 1. The molecular weight excluding hydrogens is 336 g/mol. The standard InChI is InChI=1S/C15H19BrN2O3/c16-12-6-5-11(9-13(12)17)15(20)21-10-14(19)18-7-3-1-2-4-8-18/h5-6,9H,1-4,7-8,10,17H2. The van der Waals surface area contributed by atoms with Gasteiger partial charge in [-0.3, -0.25) is 4.79 Å². The van der Waals surface area contributed by atoms with Crippen molar-refractivity contribution in [2.75, 3.05) is 25.4 Å². The van der Waals surface area contributed by atoms with Crippen LogP contribution in [0.5, 0.6) is 0 Å². The molecule has 0 aliphatic carbocycles. The summed E-state index contributed by atoms with van der Waals surface area (Å²) in [6.45, 7) is 1.29. The predicted octanol–water partition coefficient (Wildman–Crippen LogP) is 2.59. The monoisotopic (exact) mass is 354 g/mol. The average Bonchev–Trinajstić information content (AvgIpc) is 2.76. The quantitative estimate of drug-likeness (QED) is 0.668. The Morgan fingerprint density at radius 3 is 2.48 bits per heavy atom. The Morgan fingerprint density at radius 2 is 1.86 bits per heavy atom. The van der Waals surface area contributed by atoms with Crippen molar-refractivity contribution < 1.29 is 14.3 Å². The summed E-state index contributed by atoms with van der Waals surface area (Å²) in [5.41, 5.74) is 6.53. The van der Waals surface area contributed by atoms with Crippen molar-refractivity contribution in [1.82, 2.24) is 4.90 Å². The Bertz CT molecular complexity index is 526. The molecule has 1 aromatic carbocycles. The molecular formula is C15H19BrN2O3. The zero-order valence-electron chi connectivity index (χ0n) is 11.8. The number of rotatable bonds is 3. The number of hydrogen-bond acceptors (Lipinski definition) is 4. The fourth-order valence-electron chi connectivity index (χ4n) is 2.29. The summed E-state index contributed by atoms with van der Waals surface area (Å²) in [6, 6.07) is 4.82. The summed E-state index contributed by atoms with van der Waals surface area (Å²) in [6.07, 6.45) is 4.34. The number of halogens is 1. The second kappa shape index (κ2) is 7.45. The molecule has 6 heteroatoms. The second-order valence-electron chi connectivity index (χ2n) is 5.11. The van der Waals surface area contributed by atoms with Crippen LogP contribution in [0.1, 0.15) is 36.0 Å². The highest BCUT2D eigenvalue weighted by Gasteiger charge is 2.18. The van der Waals surface area contributed by atoms with Gasteiger partial charge in [-0.25, -0.2) is 4.79 Å². The minimum absolute atomic E-state index is 0.129. The van der Waals surface area contributed by atoms with Crippen LogP contribution in [0.15, 0.2) is 22.7 Å². The lowest BCUT2D eigenvalue weighted by atomic mass is 10.2. The molecule has 0 atom stereocenters. The summed E-state index contributed by atoms with van der Waals surface area (Å²) in [7, 11) is 0. The fourth-order valence-corrected chi connectivity index (χ4v) is 2.54. The summed E-state index contributed by atoms with van der Waals surface area (Å²) < 4.78 is 5.80. The molecule has 5 nitrogen and oxygen atoms in total. The van der Waals surface area contributed by atoms with E-state index in [9.17, 15) is 9.59 Å². The third-order valence-electron chi connectivity index (χ3n) is 3.52. The zero-order chi connectivity index (χ0) is 15.2. The van der Waals surface area contributed by atoms with Crippen molar-refractivity contribution in [1.29, 1.82) is 0 Å². The highest BCUT2D eigenvalue weighted by molar-refractivity contribution is 9.10. The van der Waals surface area contributed by atoms with Crippen molar-refractivity contribution >= 4 is 33.5 Å². The molecule has 0 aromatic heterocycles. The van der Waals surface area contributed by atoms with Gasteiger partial charge in [-0.2, -0.15) is 0 Å². The average molecular weight is 355 g/mol. The predicted molar refractivity (Wildman–Crippen MR) is 83.9 cm³/mol. The number of ether oxygens (including phenoxy) is 1. The van der Waals surface area contributed by atoms with Gasteiger partial charge >= 0.3 is 5.97 Å². The molecule has 1 aliphatic heterocycles. The van der Waals surface area contributed by atoms with Gasteiger partial charge < -0.3 is 15.4 Å². The van der Waals surface area contributed by atoms with Crippen molar-refractivity contribution in [3.05, 3.63) is 28.2 Å². The maximum absolute atomic E-state index is 12.0. The number of carbonyl (C=O) groups is 2. The van der Waals surface area contributed by atoms with Gasteiger partial charge in [0.1, 0.15) is 0 Å². The lowest BCUT2D eigenvalue weighted by Crippen LogP contribution is -2.35. The van der Waals surface area contributed by atoms with Crippen molar-refractivity contribution in [2.45, 2.75) is 25.7 Å². The summed E-state index contributed by atoms with van der Waals surface area (Å²) in [4.78, 5) is 25.7. The van der Waals surface area contributed by atoms with Gasteiger partial charge in [-0.05, 0) is 47.0 Å². The summed E-state index contributed by atoms with van der Waals surface area (Å²) in [5, 5.41) is 0. The lowest BCUT2D eigenvalue weighted by Gasteiger charge is -2.19. The number of likely N-dealkylation sites (tertiary alicyclic amines) is 1. The van der Waals surface area contributed by atoms with E-state index in [1.165, 1.54) is 6.07 Å². The van der Waals surface area contributed by atoms with E-state index in [-0.39, 0.29) is 12.5 Å². The molecule has 1 aromatic rings. The molecule has 1 aliphatic rings. The van der Waals surface area contributed by atoms with Crippen molar-refractivity contribution in [3.8, 4) is 0 Å². The van der Waals surface area contributed by atoms with Gasteiger partial charge in [-0.1, -0.05) is 12.8 Å². The van der Waals surface area contributed by atoms with Gasteiger partial charge in [0.25, 0.3) is 5.91 Å². The van der Waals surface area contributed by atoms with E-state index >= 15 is 0 Å². The Balaban J connectivity index is 1.87. The van der Waals surface area contributed by atoms with Crippen LogP contribution >= 0.6 is 15.9 Å². The van der Waals surface area contributed by atoms with Crippen LogP contribution in [0, 0.1) is 0 Å². The molecule has 1 fully saturated rings. The number of benzene rings is 1. The van der Waals surface area contributed by atoms with E-state index in [1.54, 1.807) is 17.0 Å². The van der Waals surface area contributed by atoms with Crippen molar-refractivity contribution in [3.63, 3.8) is 0 Å². The number of hydrogen-bond donors (Lipinski definition) is 1. The molecule has 0 saturated carbocycles. The zero-order valence-corrected chi connectivity index (χ0v) is 13.4. The van der Waals surface area contributed by atoms with E-state index in [2.05, 4.69) is 15.9 Å². The van der Waals surface area contributed by atoms with E-state index < -0.39 is 5.97 Å². The second-order valence-corrected chi connectivity index (χ2v) is 5.96. The summed E-state index contributed by atoms with van der Waals surface area (Å²) >= 11 is 3.26. The van der Waals surface area contributed by atoms with E-state index in [0.29, 0.717) is 11.3 Å². The maximum Gasteiger partial charge on any atom is 0.338 e. The van der Waals surface area contributed by atoms with Crippen molar-refractivity contribution in [2.24, 2.45) is 0 Å². The summed E-state index contributed by atoms with van der Waals surface area (Å²) in [5.74, 6) is -0.660. The highest BCUT2D eigenvalue weighted by Crippen LogP contribution is 2.20. The number of anilines is 1. The lowest BCUT2D eigenvalue weighted by molar-refractivity contribution is -0.134. The molecule has 114 valence electrons. The van der Waals surface area contributed by atoms with Crippen LogP contribution in [0.4, 0.5) is 5.69 Å². The number of amides is 1. The largest absolute Gasteiger partial charge is 0.452 e. The maximum atomic E-state index is 12.0. The van der Waals surface area contributed by atoms with Gasteiger partial charge in [0.2, 0.25) is 0 Å². The normalized spacial score (nSPS) is 15.4. The molecule has 0 spiro atoms. The van der Waals surface area contributed by atoms with Crippen LogP contribution in [0.3, 0.4) is 0 Å². The van der Waals surface area contributed by atoms with E-state index in [1.807, 2.05) is 0 Å². The molecule has 0 bridgehead atoms. The first kappa shape index (κ1) is 15.8. The molecule has 0 unspecified atom stereocenters. The van der Waals surface area contributed by atoms with Crippen LogP contribution in [-0.4, -0.2) is 36.5 Å². The van der Waals surface area contributed by atoms with Gasteiger partial charge in [0, 0.05) is 23.2 Å². The molecule has 2 N–H and O–H groups in total. The molecule has 1 saturated heterocycles. The van der Waals surface area contributed by atoms with Crippen LogP contribution in [0.2, 0.25) is 0 Å². The van der Waals surface area contributed by atoms with Crippen LogP contribution < -0.4 is 5.73 Å². The minimum Gasteiger partial charge on any atom is -0.452 e. The molecule has 21 heavy (non-hydrogen) atoms. The SMILES string of the molecule is Nc1cc(C(=O)OCC(=O)N2CCCCCC2)ccc1Br. The first-order valence-corrected chi connectivity index (χ1v) is 7.87. The van der Waals surface area contributed by atoms with Crippen LogP contribution in [-0.2, 0) is 9.53 Å². The third-order valence-corrected chi connectivity index (χ3v) is 4.24.